The number of Topliss-reactive ketones (excluding diaryl/α,β-unsaturated/α-hetero) is 1. The van der Waals surface area contributed by atoms with Crippen molar-refractivity contribution < 1.29 is 9.59 Å². The summed E-state index contributed by atoms with van der Waals surface area (Å²) in [5.41, 5.74) is 0.00495. The van der Waals surface area contributed by atoms with Crippen molar-refractivity contribution in [3.05, 3.63) is 0 Å². The Hall–Kier alpha value is -0.860. The summed E-state index contributed by atoms with van der Waals surface area (Å²) in [7, 11) is 0. The molecule has 0 aromatic carbocycles. The molecule has 2 rings (SSSR count). The summed E-state index contributed by atoms with van der Waals surface area (Å²) >= 11 is 0. The van der Waals surface area contributed by atoms with Gasteiger partial charge in [-0.3, -0.25) is 9.59 Å². The molecule has 1 saturated heterocycles. The van der Waals surface area contributed by atoms with Gasteiger partial charge in [0, 0.05) is 24.8 Å². The predicted octanol–water partition coefficient (Wildman–Crippen LogP) is 1.80. The summed E-state index contributed by atoms with van der Waals surface area (Å²) in [5, 5.41) is 3.00. The molecule has 1 saturated carbocycles. The standard InChI is InChI=1S/C9H13NO2.C2H6/c11-7-1-4-9(5-2-7)6-3-8(12)10-9;1-2/h1-6H2,(H,10,12);1-2H3. The fraction of sp³-hybridized carbons (Fsp3) is 0.818. The Bertz CT molecular complexity index is 225. The van der Waals surface area contributed by atoms with Crippen molar-refractivity contribution in [3.63, 3.8) is 0 Å². The zero-order valence-corrected chi connectivity index (χ0v) is 9.06. The number of ketones is 1. The molecule has 0 aromatic rings. The maximum absolute atomic E-state index is 11.0. The molecule has 0 radical (unpaired) electrons. The van der Waals surface area contributed by atoms with E-state index in [0.29, 0.717) is 25.0 Å². The molecule has 0 unspecified atom stereocenters. The van der Waals surface area contributed by atoms with Crippen LogP contribution in [0.2, 0.25) is 0 Å². The van der Waals surface area contributed by atoms with Crippen molar-refractivity contribution in [1.29, 1.82) is 0 Å². The lowest BCUT2D eigenvalue weighted by molar-refractivity contribution is -0.123. The Morgan fingerprint density at radius 1 is 1.00 bits per heavy atom. The van der Waals surface area contributed by atoms with Gasteiger partial charge in [0.1, 0.15) is 5.78 Å². The lowest BCUT2D eigenvalue weighted by Crippen LogP contribution is -2.44. The number of nitrogens with one attached hydrogen (secondary N) is 1. The SMILES string of the molecule is CC.O=C1CCC2(CC1)CCC(=O)N2. The molecule has 80 valence electrons. The second-order valence-corrected chi connectivity index (χ2v) is 3.87. The van der Waals surface area contributed by atoms with Gasteiger partial charge in [0.2, 0.25) is 5.91 Å². The quantitative estimate of drug-likeness (QED) is 0.643. The third-order valence-electron chi connectivity index (χ3n) is 3.00. The van der Waals surface area contributed by atoms with Gasteiger partial charge < -0.3 is 5.32 Å². The van der Waals surface area contributed by atoms with Gasteiger partial charge in [0.05, 0.1) is 0 Å². The molecular formula is C11H19NO2. The molecule has 2 fully saturated rings. The third-order valence-corrected chi connectivity index (χ3v) is 3.00. The van der Waals surface area contributed by atoms with E-state index in [4.69, 9.17) is 0 Å². The van der Waals surface area contributed by atoms with Crippen molar-refractivity contribution in [1.82, 2.24) is 5.32 Å². The van der Waals surface area contributed by atoms with Crippen LogP contribution in [-0.4, -0.2) is 17.2 Å². The van der Waals surface area contributed by atoms with Crippen molar-refractivity contribution >= 4 is 11.7 Å². The van der Waals surface area contributed by atoms with E-state index < -0.39 is 0 Å². The van der Waals surface area contributed by atoms with Crippen LogP contribution < -0.4 is 5.32 Å². The van der Waals surface area contributed by atoms with Crippen molar-refractivity contribution in [2.24, 2.45) is 0 Å². The summed E-state index contributed by atoms with van der Waals surface area (Å²) in [6.07, 6.45) is 4.60. The largest absolute Gasteiger partial charge is 0.351 e. The van der Waals surface area contributed by atoms with Crippen LogP contribution in [0.1, 0.15) is 52.4 Å². The number of amides is 1. The highest BCUT2D eigenvalue weighted by atomic mass is 16.2. The molecule has 14 heavy (non-hydrogen) atoms. The molecule has 1 spiro atoms. The van der Waals surface area contributed by atoms with Crippen LogP contribution in [0.25, 0.3) is 0 Å². The monoisotopic (exact) mass is 197 g/mol. The third kappa shape index (κ3) is 2.34. The van der Waals surface area contributed by atoms with E-state index in [1.54, 1.807) is 0 Å². The van der Waals surface area contributed by atoms with E-state index in [-0.39, 0.29) is 11.4 Å². The van der Waals surface area contributed by atoms with Gasteiger partial charge >= 0.3 is 0 Å². The maximum atomic E-state index is 11.0. The van der Waals surface area contributed by atoms with E-state index in [9.17, 15) is 9.59 Å². The Morgan fingerprint density at radius 2 is 1.50 bits per heavy atom. The van der Waals surface area contributed by atoms with E-state index >= 15 is 0 Å². The summed E-state index contributed by atoms with van der Waals surface area (Å²) in [5.74, 6) is 0.506. The molecule has 3 heteroatoms. The summed E-state index contributed by atoms with van der Waals surface area (Å²) < 4.78 is 0. The Labute approximate surface area is 85.3 Å². The van der Waals surface area contributed by atoms with Gasteiger partial charge in [-0.25, -0.2) is 0 Å². The first-order chi connectivity index (χ1) is 6.70. The molecule has 3 nitrogen and oxygen atoms in total. The molecule has 1 N–H and O–H groups in total. The Kier molecular flexibility index (Phi) is 3.67. The fourth-order valence-electron chi connectivity index (χ4n) is 2.16. The minimum Gasteiger partial charge on any atom is -0.351 e. The number of rotatable bonds is 0. The van der Waals surface area contributed by atoms with Gasteiger partial charge in [-0.1, -0.05) is 13.8 Å². The zero-order chi connectivity index (χ0) is 10.6. The summed E-state index contributed by atoms with van der Waals surface area (Å²) in [4.78, 5) is 22.0. The van der Waals surface area contributed by atoms with Crippen LogP contribution >= 0.6 is 0 Å². The Morgan fingerprint density at radius 3 is 1.93 bits per heavy atom. The number of carbonyl (C=O) groups excluding carboxylic acids is 2. The van der Waals surface area contributed by atoms with Gasteiger partial charge in [-0.2, -0.15) is 0 Å². The summed E-state index contributed by atoms with van der Waals surface area (Å²) in [6.45, 7) is 4.00. The lowest BCUT2D eigenvalue weighted by atomic mass is 9.80. The number of hydrogen-bond donors (Lipinski definition) is 1. The van der Waals surface area contributed by atoms with Crippen LogP contribution in [0, 0.1) is 0 Å². The minimum atomic E-state index is 0.00495. The van der Waals surface area contributed by atoms with Crippen LogP contribution in [0.15, 0.2) is 0 Å². The smallest absolute Gasteiger partial charge is 0.220 e. The topological polar surface area (TPSA) is 46.2 Å². The second kappa shape index (κ2) is 4.58. The van der Waals surface area contributed by atoms with Gasteiger partial charge in [-0.15, -0.1) is 0 Å². The number of hydrogen-bond acceptors (Lipinski definition) is 2. The van der Waals surface area contributed by atoms with Gasteiger partial charge in [0.15, 0.2) is 0 Å². The normalized spacial score (nSPS) is 24.1. The first-order valence-corrected chi connectivity index (χ1v) is 5.53. The van der Waals surface area contributed by atoms with Crippen LogP contribution in [0.3, 0.4) is 0 Å². The first kappa shape index (κ1) is 11.2. The van der Waals surface area contributed by atoms with E-state index in [1.807, 2.05) is 13.8 Å². The minimum absolute atomic E-state index is 0.00495. The van der Waals surface area contributed by atoms with Crippen LogP contribution in [0.5, 0.6) is 0 Å². The van der Waals surface area contributed by atoms with Crippen LogP contribution in [-0.2, 0) is 9.59 Å². The van der Waals surface area contributed by atoms with Crippen molar-refractivity contribution in [3.8, 4) is 0 Å². The molecule has 0 bridgehead atoms. The average molecular weight is 197 g/mol. The fourth-order valence-corrected chi connectivity index (χ4v) is 2.16. The number of carbonyl (C=O) groups is 2. The van der Waals surface area contributed by atoms with E-state index in [1.165, 1.54) is 0 Å². The predicted molar refractivity (Wildman–Crippen MR) is 54.9 cm³/mol. The Balaban J connectivity index is 0.000000461. The van der Waals surface area contributed by atoms with Gasteiger partial charge in [-0.05, 0) is 19.3 Å². The molecule has 1 aliphatic carbocycles. The molecule has 1 aliphatic heterocycles. The molecule has 0 atom stereocenters. The highest BCUT2D eigenvalue weighted by Gasteiger charge is 2.39. The molecular weight excluding hydrogens is 178 g/mol. The van der Waals surface area contributed by atoms with Crippen LogP contribution in [0.4, 0.5) is 0 Å². The molecule has 1 heterocycles. The highest BCUT2D eigenvalue weighted by Crippen LogP contribution is 2.33. The molecule has 1 amide bonds. The molecule has 2 aliphatic rings. The van der Waals surface area contributed by atoms with Crippen molar-refractivity contribution in [2.45, 2.75) is 57.9 Å². The van der Waals surface area contributed by atoms with E-state index in [2.05, 4.69) is 5.32 Å². The zero-order valence-electron chi connectivity index (χ0n) is 9.06. The molecule has 0 aromatic heterocycles. The maximum Gasteiger partial charge on any atom is 0.220 e. The lowest BCUT2D eigenvalue weighted by Gasteiger charge is -2.32. The first-order valence-electron chi connectivity index (χ1n) is 5.53. The van der Waals surface area contributed by atoms with Gasteiger partial charge in [0.25, 0.3) is 0 Å². The highest BCUT2D eigenvalue weighted by molar-refractivity contribution is 5.82. The average Bonchev–Trinajstić information content (AvgIpc) is 2.57. The summed E-state index contributed by atoms with van der Waals surface area (Å²) in [6, 6.07) is 0. The van der Waals surface area contributed by atoms with E-state index in [0.717, 1.165) is 19.3 Å². The van der Waals surface area contributed by atoms with Crippen molar-refractivity contribution in [2.75, 3.05) is 0 Å². The second-order valence-electron chi connectivity index (χ2n) is 3.87.